The molecule has 0 bridgehead atoms. The zero-order valence-electron chi connectivity index (χ0n) is 12.3. The molecule has 1 heterocycles. The molecule has 0 aliphatic heterocycles. The fourth-order valence-electron chi connectivity index (χ4n) is 2.59. The van der Waals surface area contributed by atoms with E-state index in [1.165, 1.54) is 25.5 Å². The molecule has 1 saturated carbocycles. The lowest BCUT2D eigenvalue weighted by Crippen LogP contribution is -2.39. The Morgan fingerprint density at radius 2 is 2.19 bits per heavy atom. The van der Waals surface area contributed by atoms with Crippen LogP contribution in [0.15, 0.2) is 6.20 Å². The molecule has 7 heteroatoms. The van der Waals surface area contributed by atoms with Gasteiger partial charge in [0.1, 0.15) is 5.56 Å². The molecule has 3 N–H and O–H groups in total. The zero-order valence-corrected chi connectivity index (χ0v) is 13.1. The molecule has 1 aliphatic rings. The zero-order chi connectivity index (χ0) is 15.2. The number of nitrogens with zero attached hydrogens (tertiary/aromatic N) is 2. The highest BCUT2D eigenvalue weighted by Gasteiger charge is 2.18. The van der Waals surface area contributed by atoms with Crippen LogP contribution in [0.1, 0.15) is 55.8 Å². The van der Waals surface area contributed by atoms with Crippen molar-refractivity contribution in [2.24, 2.45) is 0 Å². The first-order valence-corrected chi connectivity index (χ1v) is 7.89. The number of rotatable bonds is 5. The summed E-state index contributed by atoms with van der Waals surface area (Å²) in [6.07, 6.45) is 8.36. The SMILES string of the molecule is CCCn1cc(C(=O)O)c(NC(=S)NC2CCCCC2)n1. The molecule has 1 fully saturated rings. The lowest BCUT2D eigenvalue weighted by atomic mass is 9.96. The Bertz CT molecular complexity index is 509. The Hall–Kier alpha value is -1.63. The van der Waals surface area contributed by atoms with Crippen molar-refractivity contribution < 1.29 is 9.90 Å². The van der Waals surface area contributed by atoms with Gasteiger partial charge in [-0.1, -0.05) is 26.2 Å². The van der Waals surface area contributed by atoms with E-state index in [0.29, 0.717) is 23.5 Å². The summed E-state index contributed by atoms with van der Waals surface area (Å²) in [6.45, 7) is 2.70. The summed E-state index contributed by atoms with van der Waals surface area (Å²) in [7, 11) is 0. The Morgan fingerprint density at radius 1 is 1.48 bits per heavy atom. The Morgan fingerprint density at radius 3 is 2.81 bits per heavy atom. The molecule has 0 spiro atoms. The van der Waals surface area contributed by atoms with Crippen molar-refractivity contribution in [2.45, 2.75) is 58.0 Å². The lowest BCUT2D eigenvalue weighted by molar-refractivity contribution is 0.0698. The number of thiocarbonyl (C=S) groups is 1. The highest BCUT2D eigenvalue weighted by atomic mass is 32.1. The first-order chi connectivity index (χ1) is 10.1. The number of aromatic nitrogens is 2. The summed E-state index contributed by atoms with van der Waals surface area (Å²) in [5.74, 6) is -0.690. The van der Waals surface area contributed by atoms with Crippen LogP contribution in [-0.4, -0.2) is 32.0 Å². The predicted molar refractivity (Wildman–Crippen MR) is 85.7 cm³/mol. The second kappa shape index (κ2) is 7.40. The normalized spacial score (nSPS) is 15.7. The minimum Gasteiger partial charge on any atom is -0.477 e. The summed E-state index contributed by atoms with van der Waals surface area (Å²) >= 11 is 5.27. The van der Waals surface area contributed by atoms with Crippen molar-refractivity contribution in [2.75, 3.05) is 5.32 Å². The molecule has 2 rings (SSSR count). The number of hydrogen-bond donors (Lipinski definition) is 3. The van der Waals surface area contributed by atoms with E-state index in [-0.39, 0.29) is 5.56 Å². The number of carboxylic acids is 1. The molecule has 1 aromatic rings. The van der Waals surface area contributed by atoms with Gasteiger partial charge in [0, 0.05) is 18.8 Å². The van der Waals surface area contributed by atoms with Crippen LogP contribution in [0.5, 0.6) is 0 Å². The maximum Gasteiger partial charge on any atom is 0.341 e. The average Bonchev–Trinajstić information content (AvgIpc) is 2.83. The van der Waals surface area contributed by atoms with E-state index < -0.39 is 5.97 Å². The van der Waals surface area contributed by atoms with Gasteiger partial charge < -0.3 is 15.7 Å². The molecule has 6 nitrogen and oxygen atoms in total. The van der Waals surface area contributed by atoms with Gasteiger partial charge in [-0.15, -0.1) is 0 Å². The molecule has 21 heavy (non-hydrogen) atoms. The Balaban J connectivity index is 1.99. The van der Waals surface area contributed by atoms with Gasteiger partial charge >= 0.3 is 5.97 Å². The standard InChI is InChI=1S/C14H22N4O2S/c1-2-8-18-9-11(13(19)20)12(17-18)16-14(21)15-10-6-4-3-5-7-10/h9-10H,2-8H2,1H3,(H,19,20)(H2,15,16,17,21). The second-order valence-corrected chi connectivity index (χ2v) is 5.80. The van der Waals surface area contributed by atoms with Gasteiger partial charge in [-0.3, -0.25) is 4.68 Å². The first kappa shape index (κ1) is 15.8. The van der Waals surface area contributed by atoms with E-state index in [2.05, 4.69) is 15.7 Å². The third-order valence-corrected chi connectivity index (χ3v) is 3.84. The molecule has 0 aromatic carbocycles. The summed E-state index contributed by atoms with van der Waals surface area (Å²) < 4.78 is 1.63. The number of nitrogens with one attached hydrogen (secondary N) is 2. The minimum atomic E-state index is -1.000. The number of aromatic carboxylic acids is 1. The van der Waals surface area contributed by atoms with Crippen molar-refractivity contribution in [3.05, 3.63) is 11.8 Å². The van der Waals surface area contributed by atoms with E-state index in [4.69, 9.17) is 12.2 Å². The van der Waals surface area contributed by atoms with Gasteiger partial charge in [0.2, 0.25) is 0 Å². The van der Waals surface area contributed by atoms with Crippen molar-refractivity contribution in [3.63, 3.8) is 0 Å². The van der Waals surface area contributed by atoms with Crippen LogP contribution in [0.4, 0.5) is 5.82 Å². The molecule has 116 valence electrons. The topological polar surface area (TPSA) is 79.2 Å². The van der Waals surface area contributed by atoms with Crippen molar-refractivity contribution >= 4 is 29.1 Å². The van der Waals surface area contributed by atoms with Gasteiger partial charge in [-0.2, -0.15) is 5.10 Å². The highest BCUT2D eigenvalue weighted by Crippen LogP contribution is 2.18. The maximum atomic E-state index is 11.3. The number of anilines is 1. The summed E-state index contributed by atoms with van der Waals surface area (Å²) in [6, 6.07) is 0.379. The molecule has 1 aliphatic carbocycles. The van der Waals surface area contributed by atoms with Crippen LogP contribution in [0.3, 0.4) is 0 Å². The largest absolute Gasteiger partial charge is 0.477 e. The number of hydrogen-bond acceptors (Lipinski definition) is 3. The van der Waals surface area contributed by atoms with Gasteiger partial charge in [-0.25, -0.2) is 4.79 Å². The average molecular weight is 310 g/mol. The predicted octanol–water partition coefficient (Wildman–Crippen LogP) is 2.61. The third kappa shape index (κ3) is 4.42. The van der Waals surface area contributed by atoms with E-state index in [0.717, 1.165) is 19.3 Å². The molecule has 0 unspecified atom stereocenters. The summed E-state index contributed by atoms with van der Waals surface area (Å²) in [5.41, 5.74) is 0.149. The molecular formula is C14H22N4O2S. The quantitative estimate of drug-likeness (QED) is 0.726. The Labute approximate surface area is 129 Å². The smallest absolute Gasteiger partial charge is 0.341 e. The first-order valence-electron chi connectivity index (χ1n) is 7.48. The number of carboxylic acid groups (broad SMARTS) is 1. The second-order valence-electron chi connectivity index (χ2n) is 5.39. The van der Waals surface area contributed by atoms with Crippen molar-refractivity contribution in [1.82, 2.24) is 15.1 Å². The van der Waals surface area contributed by atoms with Gasteiger partial charge in [0.25, 0.3) is 0 Å². The van der Waals surface area contributed by atoms with Gasteiger partial charge in [0.05, 0.1) is 0 Å². The van der Waals surface area contributed by atoms with Crippen LogP contribution >= 0.6 is 12.2 Å². The highest BCUT2D eigenvalue weighted by molar-refractivity contribution is 7.80. The van der Waals surface area contributed by atoms with Crippen LogP contribution in [0.25, 0.3) is 0 Å². The van der Waals surface area contributed by atoms with E-state index in [1.54, 1.807) is 4.68 Å². The number of aryl methyl sites for hydroxylation is 1. The summed E-state index contributed by atoms with van der Waals surface area (Å²) in [5, 5.41) is 20.1. The minimum absolute atomic E-state index is 0.149. The van der Waals surface area contributed by atoms with Crippen LogP contribution in [-0.2, 0) is 6.54 Å². The maximum absolute atomic E-state index is 11.3. The fraction of sp³-hybridized carbons (Fsp3) is 0.643. The molecule has 0 amide bonds. The third-order valence-electron chi connectivity index (χ3n) is 3.62. The molecule has 0 saturated heterocycles. The Kier molecular flexibility index (Phi) is 5.55. The van der Waals surface area contributed by atoms with Crippen LogP contribution in [0.2, 0.25) is 0 Å². The van der Waals surface area contributed by atoms with Gasteiger partial charge in [0.15, 0.2) is 10.9 Å². The molecular weight excluding hydrogens is 288 g/mol. The summed E-state index contributed by atoms with van der Waals surface area (Å²) in [4.78, 5) is 11.3. The van der Waals surface area contributed by atoms with E-state index in [9.17, 15) is 9.90 Å². The van der Waals surface area contributed by atoms with Crippen molar-refractivity contribution in [1.29, 1.82) is 0 Å². The molecule has 1 aromatic heterocycles. The molecule has 0 atom stereocenters. The van der Waals surface area contributed by atoms with Crippen molar-refractivity contribution in [3.8, 4) is 0 Å². The number of carbonyl (C=O) groups is 1. The van der Waals surface area contributed by atoms with Gasteiger partial charge in [-0.05, 0) is 31.5 Å². The van der Waals surface area contributed by atoms with E-state index >= 15 is 0 Å². The van der Waals surface area contributed by atoms with Crippen LogP contribution in [0, 0.1) is 0 Å². The van der Waals surface area contributed by atoms with E-state index in [1.807, 2.05) is 6.92 Å². The lowest BCUT2D eigenvalue weighted by Gasteiger charge is -2.24. The van der Waals surface area contributed by atoms with Crippen LogP contribution < -0.4 is 10.6 Å². The monoisotopic (exact) mass is 310 g/mol. The fourth-order valence-corrected chi connectivity index (χ4v) is 2.85. The molecule has 0 radical (unpaired) electrons.